The molecule has 7 nitrogen and oxygen atoms in total. The first-order valence-corrected chi connectivity index (χ1v) is 10.7. The number of ether oxygens (including phenoxy) is 4. The van der Waals surface area contributed by atoms with Crippen LogP contribution in [-0.2, 0) is 10.0 Å². The van der Waals surface area contributed by atoms with E-state index >= 15 is 0 Å². The molecule has 0 bridgehead atoms. The Morgan fingerprint density at radius 3 is 2.10 bits per heavy atom. The average Bonchev–Trinajstić information content (AvgIpc) is 3.21. The first-order chi connectivity index (χ1) is 14.4. The van der Waals surface area contributed by atoms with Gasteiger partial charge in [-0.1, -0.05) is 18.2 Å². The zero-order chi connectivity index (χ0) is 21.3. The number of benzene rings is 3. The van der Waals surface area contributed by atoms with Crippen molar-refractivity contribution >= 4 is 15.7 Å². The summed E-state index contributed by atoms with van der Waals surface area (Å²) in [7, 11) is -0.662. The van der Waals surface area contributed by atoms with E-state index in [2.05, 4.69) is 4.72 Å². The van der Waals surface area contributed by atoms with Crippen LogP contribution >= 0.6 is 0 Å². The van der Waals surface area contributed by atoms with Crippen molar-refractivity contribution in [2.75, 3.05) is 25.7 Å². The molecule has 0 amide bonds. The van der Waals surface area contributed by atoms with Gasteiger partial charge in [0.1, 0.15) is 11.5 Å². The third-order valence-corrected chi connectivity index (χ3v) is 6.26. The van der Waals surface area contributed by atoms with Crippen LogP contribution in [-0.4, -0.2) is 29.4 Å². The molecule has 1 N–H and O–H groups in total. The minimum absolute atomic E-state index is 0.0736. The van der Waals surface area contributed by atoms with Gasteiger partial charge in [-0.3, -0.25) is 4.72 Å². The lowest BCUT2D eigenvalue weighted by Crippen LogP contribution is -2.13. The second-order valence-electron chi connectivity index (χ2n) is 6.68. The summed E-state index contributed by atoms with van der Waals surface area (Å²) in [6, 6.07) is 15.2. The zero-order valence-corrected chi connectivity index (χ0v) is 17.6. The molecule has 1 aliphatic heterocycles. The fraction of sp³-hybridized carbons (Fsp3) is 0.182. The van der Waals surface area contributed by atoms with Crippen molar-refractivity contribution in [2.45, 2.75) is 11.8 Å². The second-order valence-corrected chi connectivity index (χ2v) is 8.36. The summed E-state index contributed by atoms with van der Waals surface area (Å²) in [6.07, 6.45) is 0. The maximum atomic E-state index is 13.0. The molecule has 0 fully saturated rings. The number of hydrogen-bond acceptors (Lipinski definition) is 6. The van der Waals surface area contributed by atoms with E-state index in [-0.39, 0.29) is 11.7 Å². The van der Waals surface area contributed by atoms with Gasteiger partial charge < -0.3 is 18.9 Å². The first kappa shape index (κ1) is 19.9. The molecule has 4 rings (SSSR count). The van der Waals surface area contributed by atoms with Crippen molar-refractivity contribution in [3.8, 4) is 34.1 Å². The fourth-order valence-electron chi connectivity index (χ4n) is 3.31. The highest BCUT2D eigenvalue weighted by molar-refractivity contribution is 7.92. The van der Waals surface area contributed by atoms with E-state index in [0.29, 0.717) is 39.8 Å². The molecule has 0 unspecified atom stereocenters. The van der Waals surface area contributed by atoms with Crippen LogP contribution in [0.15, 0.2) is 59.5 Å². The van der Waals surface area contributed by atoms with Crippen LogP contribution in [0.2, 0.25) is 0 Å². The molecule has 0 atom stereocenters. The highest BCUT2D eigenvalue weighted by Crippen LogP contribution is 2.44. The van der Waals surface area contributed by atoms with Crippen LogP contribution in [0.5, 0.6) is 23.0 Å². The Balaban J connectivity index is 1.87. The molecular weight excluding hydrogens is 406 g/mol. The Morgan fingerprint density at radius 2 is 1.50 bits per heavy atom. The summed E-state index contributed by atoms with van der Waals surface area (Å²) in [5.41, 5.74) is 2.51. The van der Waals surface area contributed by atoms with Gasteiger partial charge in [0.2, 0.25) is 6.79 Å². The highest BCUT2D eigenvalue weighted by atomic mass is 32.2. The molecule has 0 radical (unpaired) electrons. The maximum absolute atomic E-state index is 13.0. The number of fused-ring (bicyclic) bond motifs is 1. The molecule has 0 saturated heterocycles. The van der Waals surface area contributed by atoms with E-state index in [9.17, 15) is 8.42 Å². The Labute approximate surface area is 175 Å². The molecule has 156 valence electrons. The van der Waals surface area contributed by atoms with Gasteiger partial charge in [0.15, 0.2) is 11.5 Å². The lowest BCUT2D eigenvalue weighted by molar-refractivity contribution is 0.174. The number of methoxy groups -OCH3 is 2. The van der Waals surface area contributed by atoms with Crippen LogP contribution in [0.4, 0.5) is 5.69 Å². The normalized spacial score (nSPS) is 12.5. The summed E-state index contributed by atoms with van der Waals surface area (Å²) in [4.78, 5) is 0.160. The smallest absolute Gasteiger partial charge is 0.261 e. The van der Waals surface area contributed by atoms with Crippen molar-refractivity contribution in [1.82, 2.24) is 0 Å². The van der Waals surface area contributed by atoms with Gasteiger partial charge in [0.25, 0.3) is 10.0 Å². The van der Waals surface area contributed by atoms with Crippen LogP contribution in [0, 0.1) is 6.92 Å². The number of rotatable bonds is 6. The van der Waals surface area contributed by atoms with Crippen molar-refractivity contribution in [3.05, 3.63) is 60.2 Å². The van der Waals surface area contributed by atoms with Gasteiger partial charge in [-0.2, -0.15) is 0 Å². The topological polar surface area (TPSA) is 83.1 Å². The number of sulfonamides is 1. The quantitative estimate of drug-likeness (QED) is 0.635. The molecule has 8 heteroatoms. The van der Waals surface area contributed by atoms with E-state index < -0.39 is 10.0 Å². The molecule has 1 heterocycles. The number of anilines is 1. The zero-order valence-electron chi connectivity index (χ0n) is 16.8. The summed E-state index contributed by atoms with van der Waals surface area (Å²) in [5, 5.41) is 0. The maximum Gasteiger partial charge on any atom is 0.261 e. The highest BCUT2D eigenvalue weighted by Gasteiger charge is 2.23. The summed E-state index contributed by atoms with van der Waals surface area (Å²) < 4.78 is 50.5. The summed E-state index contributed by atoms with van der Waals surface area (Å²) in [6.45, 7) is 1.96. The minimum atomic E-state index is -3.81. The Hall–Kier alpha value is -3.39. The van der Waals surface area contributed by atoms with Gasteiger partial charge >= 0.3 is 0 Å². The summed E-state index contributed by atoms with van der Waals surface area (Å²) >= 11 is 0. The Morgan fingerprint density at radius 1 is 0.900 bits per heavy atom. The molecule has 3 aromatic rings. The molecule has 3 aromatic carbocycles. The van der Waals surface area contributed by atoms with Gasteiger partial charge in [-0.25, -0.2) is 8.42 Å². The molecule has 1 aliphatic rings. The van der Waals surface area contributed by atoms with Crippen molar-refractivity contribution in [3.63, 3.8) is 0 Å². The molecule has 0 saturated carbocycles. The predicted molar refractivity (Wildman–Crippen MR) is 113 cm³/mol. The van der Waals surface area contributed by atoms with E-state index in [4.69, 9.17) is 18.9 Å². The van der Waals surface area contributed by atoms with Crippen LogP contribution in [0.3, 0.4) is 0 Å². The van der Waals surface area contributed by atoms with Gasteiger partial charge in [-0.15, -0.1) is 0 Å². The van der Waals surface area contributed by atoms with Crippen LogP contribution < -0.4 is 23.7 Å². The standard InChI is InChI=1S/C22H21NO6S/c1-14-19(26-2)9-15(10-20(14)27-3)17-11-21-22(29-13-28-21)12-18(17)23-30(24,25)16-7-5-4-6-8-16/h4-12,23H,13H2,1-3H3. The molecular formula is C22H21NO6S. The molecule has 0 aromatic heterocycles. The van der Waals surface area contributed by atoms with Crippen LogP contribution in [0.25, 0.3) is 11.1 Å². The molecule has 0 aliphatic carbocycles. The third-order valence-electron chi connectivity index (χ3n) is 4.87. The van der Waals surface area contributed by atoms with Crippen molar-refractivity contribution < 1.29 is 27.4 Å². The van der Waals surface area contributed by atoms with E-state index in [1.807, 2.05) is 19.1 Å². The van der Waals surface area contributed by atoms with E-state index in [1.54, 1.807) is 44.6 Å². The third kappa shape index (κ3) is 3.61. The largest absolute Gasteiger partial charge is 0.496 e. The van der Waals surface area contributed by atoms with Gasteiger partial charge in [0.05, 0.1) is 24.8 Å². The van der Waals surface area contributed by atoms with Crippen LogP contribution in [0.1, 0.15) is 5.56 Å². The Kier molecular flexibility index (Phi) is 5.17. The number of hydrogen-bond donors (Lipinski definition) is 1. The minimum Gasteiger partial charge on any atom is -0.496 e. The van der Waals surface area contributed by atoms with E-state index in [1.165, 1.54) is 12.1 Å². The first-order valence-electron chi connectivity index (χ1n) is 9.17. The van der Waals surface area contributed by atoms with Gasteiger partial charge in [0, 0.05) is 17.2 Å². The van der Waals surface area contributed by atoms with E-state index in [0.717, 1.165) is 5.56 Å². The van der Waals surface area contributed by atoms with Crippen molar-refractivity contribution in [1.29, 1.82) is 0 Å². The fourth-order valence-corrected chi connectivity index (χ4v) is 4.40. The SMILES string of the molecule is COc1cc(-c2cc3c(cc2NS(=O)(=O)c2ccccc2)OCO3)cc(OC)c1C. The average molecular weight is 427 g/mol. The Bertz CT molecular complexity index is 1170. The monoisotopic (exact) mass is 427 g/mol. The summed E-state index contributed by atoms with van der Waals surface area (Å²) in [5.74, 6) is 2.25. The second kappa shape index (κ2) is 7.79. The molecule has 30 heavy (non-hydrogen) atoms. The predicted octanol–water partition coefficient (Wildman–Crippen LogP) is 4.21. The van der Waals surface area contributed by atoms with Crippen molar-refractivity contribution in [2.24, 2.45) is 0 Å². The lowest BCUT2D eigenvalue weighted by Gasteiger charge is -2.17. The molecule has 0 spiro atoms. The lowest BCUT2D eigenvalue weighted by atomic mass is 10.0. The number of nitrogens with one attached hydrogen (secondary N) is 1. The van der Waals surface area contributed by atoms with Gasteiger partial charge in [-0.05, 0) is 42.8 Å².